The van der Waals surface area contributed by atoms with Crippen molar-refractivity contribution in [3.05, 3.63) is 41.5 Å². The molecule has 8 heteroatoms. The normalized spacial score (nSPS) is 11.6. The van der Waals surface area contributed by atoms with Gasteiger partial charge in [-0.15, -0.1) is 0 Å². The molecule has 0 fully saturated rings. The number of rotatable bonds is 11. The van der Waals surface area contributed by atoms with Crippen LogP contribution in [0.5, 0.6) is 28.7 Å². The van der Waals surface area contributed by atoms with Crippen LogP contribution in [0.3, 0.4) is 0 Å². The first-order valence-corrected chi connectivity index (χ1v) is 9.86. The molecule has 0 unspecified atom stereocenters. The summed E-state index contributed by atoms with van der Waals surface area (Å²) in [6.45, 7) is 2.74. The highest BCUT2D eigenvalue weighted by Crippen LogP contribution is 2.40. The number of hydrogen-bond acceptors (Lipinski definition) is 7. The third-order valence-corrected chi connectivity index (χ3v) is 5.16. The quantitative estimate of drug-likeness (QED) is 0.585. The Morgan fingerprint density at radius 1 is 0.871 bits per heavy atom. The van der Waals surface area contributed by atoms with Gasteiger partial charge in [-0.25, -0.2) is 0 Å². The van der Waals surface area contributed by atoms with Crippen molar-refractivity contribution in [3.8, 4) is 28.7 Å². The summed E-state index contributed by atoms with van der Waals surface area (Å²) < 4.78 is 26.9. The Balaban J connectivity index is 2.05. The molecule has 8 nitrogen and oxygen atoms in total. The van der Waals surface area contributed by atoms with Crippen LogP contribution in [0.25, 0.3) is 0 Å². The molecule has 170 valence electrons. The molecule has 2 aromatic rings. The number of nitrogens with one attached hydrogen (secondary N) is 1. The molecule has 1 amide bonds. The minimum Gasteiger partial charge on any atom is -0.493 e. The molecule has 1 atom stereocenters. The molecule has 0 aromatic heterocycles. The van der Waals surface area contributed by atoms with E-state index in [1.807, 2.05) is 49.2 Å². The molecule has 1 N–H and O–H groups in total. The van der Waals surface area contributed by atoms with Gasteiger partial charge in [0.2, 0.25) is 11.7 Å². The van der Waals surface area contributed by atoms with Crippen LogP contribution in [-0.2, 0) is 17.9 Å². The van der Waals surface area contributed by atoms with Gasteiger partial charge in [-0.1, -0.05) is 12.1 Å². The summed E-state index contributed by atoms with van der Waals surface area (Å²) in [5, 5.41) is 2.97. The Bertz CT molecular complexity index is 887. The van der Waals surface area contributed by atoms with Gasteiger partial charge >= 0.3 is 0 Å². The lowest BCUT2D eigenvalue weighted by Gasteiger charge is -2.25. The summed E-state index contributed by atoms with van der Waals surface area (Å²) in [6.07, 6.45) is 0. The monoisotopic (exact) mass is 432 g/mol. The summed E-state index contributed by atoms with van der Waals surface area (Å²) in [5.74, 6) is 2.89. The van der Waals surface area contributed by atoms with Gasteiger partial charge in [0, 0.05) is 18.7 Å². The number of hydrogen-bond donors (Lipinski definition) is 1. The molecule has 2 aromatic carbocycles. The van der Waals surface area contributed by atoms with Gasteiger partial charge in [0.15, 0.2) is 23.0 Å². The van der Waals surface area contributed by atoms with Gasteiger partial charge < -0.3 is 29.0 Å². The lowest BCUT2D eigenvalue weighted by molar-refractivity contribution is -0.125. The van der Waals surface area contributed by atoms with Crippen molar-refractivity contribution in [1.29, 1.82) is 0 Å². The first kappa shape index (κ1) is 24.1. The number of ether oxygens (including phenoxy) is 5. The fourth-order valence-corrected chi connectivity index (χ4v) is 3.22. The van der Waals surface area contributed by atoms with Crippen molar-refractivity contribution in [2.45, 2.75) is 26.1 Å². The van der Waals surface area contributed by atoms with E-state index < -0.39 is 0 Å². The second kappa shape index (κ2) is 11.3. The molecule has 0 aliphatic rings. The molecular formula is C23H32N2O6. The number of carbonyl (C=O) groups excluding carboxylic acids is 1. The van der Waals surface area contributed by atoms with Crippen molar-refractivity contribution in [2.75, 3.05) is 42.6 Å². The third-order valence-electron chi connectivity index (χ3n) is 5.16. The lowest BCUT2D eigenvalue weighted by atomic mass is 10.1. The Labute approximate surface area is 184 Å². The fourth-order valence-electron chi connectivity index (χ4n) is 3.22. The third kappa shape index (κ3) is 5.73. The molecule has 0 aliphatic carbocycles. The van der Waals surface area contributed by atoms with E-state index >= 15 is 0 Å². The fraction of sp³-hybridized carbons (Fsp3) is 0.435. The topological polar surface area (TPSA) is 78.5 Å². The summed E-state index contributed by atoms with van der Waals surface area (Å²) in [7, 11) is 9.78. The lowest BCUT2D eigenvalue weighted by Crippen LogP contribution is -2.42. The predicted octanol–water partition coefficient (Wildman–Crippen LogP) is 2.87. The Hall–Kier alpha value is -3.13. The Morgan fingerprint density at radius 3 is 2.06 bits per heavy atom. The van der Waals surface area contributed by atoms with E-state index in [1.165, 1.54) is 0 Å². The number of amides is 1. The number of benzene rings is 2. The predicted molar refractivity (Wildman–Crippen MR) is 118 cm³/mol. The SMILES string of the molecule is COc1ccc(CNC(=O)[C@H](C)N(C)Cc2ccc(OC)c(OC)c2OC)cc1OC. The van der Waals surface area contributed by atoms with Crippen LogP contribution in [0.2, 0.25) is 0 Å². The van der Waals surface area contributed by atoms with Crippen LogP contribution in [0.15, 0.2) is 30.3 Å². The van der Waals surface area contributed by atoms with Crippen LogP contribution in [0.4, 0.5) is 0 Å². The zero-order valence-corrected chi connectivity index (χ0v) is 19.3. The molecule has 0 bridgehead atoms. The number of methoxy groups -OCH3 is 5. The summed E-state index contributed by atoms with van der Waals surface area (Å²) in [6, 6.07) is 8.93. The van der Waals surface area contributed by atoms with Crippen molar-refractivity contribution < 1.29 is 28.5 Å². The van der Waals surface area contributed by atoms with Gasteiger partial charge in [-0.2, -0.15) is 0 Å². The van der Waals surface area contributed by atoms with E-state index in [1.54, 1.807) is 35.5 Å². The molecule has 2 rings (SSSR count). The standard InChI is InChI=1S/C23H32N2O6/c1-15(23(26)24-13-16-8-10-18(27-3)20(12-16)29-5)25(2)14-17-9-11-19(28-4)22(31-7)21(17)30-6/h8-12,15H,13-14H2,1-7H3,(H,24,26)/t15-/m0/s1. The number of carbonyl (C=O) groups is 1. The van der Waals surface area contributed by atoms with E-state index in [-0.39, 0.29) is 11.9 Å². The van der Waals surface area contributed by atoms with Crippen LogP contribution < -0.4 is 29.0 Å². The molecule has 0 saturated carbocycles. The highest BCUT2D eigenvalue weighted by atomic mass is 16.5. The van der Waals surface area contributed by atoms with Gasteiger partial charge in [0.1, 0.15) is 0 Å². The van der Waals surface area contributed by atoms with Gasteiger partial charge in [-0.05, 0) is 37.7 Å². The largest absolute Gasteiger partial charge is 0.493 e. The second-order valence-electron chi connectivity index (χ2n) is 6.99. The van der Waals surface area contributed by atoms with E-state index in [4.69, 9.17) is 23.7 Å². The van der Waals surface area contributed by atoms with E-state index in [2.05, 4.69) is 5.32 Å². The Morgan fingerprint density at radius 2 is 1.48 bits per heavy atom. The van der Waals surface area contributed by atoms with Gasteiger partial charge in [0.25, 0.3) is 0 Å². The first-order chi connectivity index (χ1) is 14.9. The number of nitrogens with zero attached hydrogens (tertiary/aromatic N) is 1. The Kier molecular flexibility index (Phi) is 8.81. The molecule has 0 spiro atoms. The minimum atomic E-state index is -0.363. The molecule has 0 heterocycles. The van der Waals surface area contributed by atoms with E-state index in [9.17, 15) is 4.79 Å². The van der Waals surface area contributed by atoms with Crippen molar-refractivity contribution in [3.63, 3.8) is 0 Å². The van der Waals surface area contributed by atoms with Crippen LogP contribution in [-0.4, -0.2) is 59.4 Å². The van der Waals surface area contributed by atoms with Gasteiger partial charge in [-0.3, -0.25) is 9.69 Å². The average molecular weight is 433 g/mol. The molecule has 0 radical (unpaired) electrons. The zero-order chi connectivity index (χ0) is 23.0. The van der Waals surface area contributed by atoms with Crippen LogP contribution in [0, 0.1) is 0 Å². The highest BCUT2D eigenvalue weighted by Gasteiger charge is 2.22. The summed E-state index contributed by atoms with van der Waals surface area (Å²) in [4.78, 5) is 14.7. The maximum absolute atomic E-state index is 12.7. The summed E-state index contributed by atoms with van der Waals surface area (Å²) in [5.41, 5.74) is 1.81. The maximum Gasteiger partial charge on any atom is 0.237 e. The average Bonchev–Trinajstić information content (AvgIpc) is 2.80. The molecule has 0 aliphatic heterocycles. The minimum absolute atomic E-state index is 0.0864. The smallest absolute Gasteiger partial charge is 0.237 e. The van der Waals surface area contributed by atoms with Crippen molar-refractivity contribution in [1.82, 2.24) is 10.2 Å². The number of likely N-dealkylation sites (N-methyl/N-ethyl adjacent to an activating group) is 1. The second-order valence-corrected chi connectivity index (χ2v) is 6.99. The molecule has 0 saturated heterocycles. The van der Waals surface area contributed by atoms with Crippen LogP contribution in [0.1, 0.15) is 18.1 Å². The van der Waals surface area contributed by atoms with Crippen molar-refractivity contribution in [2.24, 2.45) is 0 Å². The summed E-state index contributed by atoms with van der Waals surface area (Å²) >= 11 is 0. The van der Waals surface area contributed by atoms with Gasteiger partial charge in [0.05, 0.1) is 41.6 Å². The zero-order valence-electron chi connectivity index (χ0n) is 19.3. The van der Waals surface area contributed by atoms with E-state index in [0.717, 1.165) is 11.1 Å². The van der Waals surface area contributed by atoms with E-state index in [0.29, 0.717) is 41.8 Å². The maximum atomic E-state index is 12.7. The first-order valence-electron chi connectivity index (χ1n) is 9.86. The molecule has 31 heavy (non-hydrogen) atoms. The van der Waals surface area contributed by atoms with Crippen molar-refractivity contribution >= 4 is 5.91 Å². The highest BCUT2D eigenvalue weighted by molar-refractivity contribution is 5.81. The molecular weight excluding hydrogens is 400 g/mol. The van der Waals surface area contributed by atoms with Crippen LogP contribution >= 0.6 is 0 Å².